The Labute approximate surface area is 174 Å². The fourth-order valence-corrected chi connectivity index (χ4v) is 3.50. The zero-order valence-corrected chi connectivity index (χ0v) is 16.7. The van der Waals surface area contributed by atoms with E-state index < -0.39 is 5.92 Å². The molecule has 0 aliphatic carbocycles. The van der Waals surface area contributed by atoms with Crippen molar-refractivity contribution >= 4 is 23.3 Å². The van der Waals surface area contributed by atoms with Crippen LogP contribution in [0.2, 0.25) is 0 Å². The second kappa shape index (κ2) is 8.77. The molecule has 0 spiro atoms. The van der Waals surface area contributed by atoms with Gasteiger partial charge in [-0.1, -0.05) is 18.2 Å². The summed E-state index contributed by atoms with van der Waals surface area (Å²) >= 11 is 0. The number of ether oxygens (including phenoxy) is 1. The molecule has 154 valence electrons. The van der Waals surface area contributed by atoms with Crippen molar-refractivity contribution in [3.05, 3.63) is 66.6 Å². The number of rotatable bonds is 7. The van der Waals surface area contributed by atoms with Crippen molar-refractivity contribution in [1.82, 2.24) is 14.8 Å². The molecule has 1 unspecified atom stereocenters. The summed E-state index contributed by atoms with van der Waals surface area (Å²) in [6.07, 6.45) is 5.45. The van der Waals surface area contributed by atoms with Crippen molar-refractivity contribution in [2.75, 3.05) is 23.4 Å². The lowest BCUT2D eigenvalue weighted by atomic mass is 10.1. The highest BCUT2D eigenvalue weighted by molar-refractivity contribution is 6.03. The van der Waals surface area contributed by atoms with Gasteiger partial charge in [0.1, 0.15) is 5.75 Å². The van der Waals surface area contributed by atoms with E-state index in [0.29, 0.717) is 37.0 Å². The molecule has 1 aliphatic heterocycles. The third kappa shape index (κ3) is 4.32. The second-order valence-corrected chi connectivity index (χ2v) is 7.06. The molecule has 0 radical (unpaired) electrons. The van der Waals surface area contributed by atoms with Crippen molar-refractivity contribution in [2.24, 2.45) is 5.92 Å². The number of amides is 2. The van der Waals surface area contributed by atoms with Gasteiger partial charge >= 0.3 is 0 Å². The fourth-order valence-electron chi connectivity index (χ4n) is 3.50. The smallest absolute Gasteiger partial charge is 0.231 e. The summed E-state index contributed by atoms with van der Waals surface area (Å²) in [6.45, 7) is 3.27. The van der Waals surface area contributed by atoms with Crippen LogP contribution >= 0.6 is 0 Å². The van der Waals surface area contributed by atoms with E-state index in [1.807, 2.05) is 43.3 Å². The number of hydrogen-bond donors (Lipinski definition) is 1. The zero-order chi connectivity index (χ0) is 20.9. The minimum atomic E-state index is -0.448. The maximum Gasteiger partial charge on any atom is 0.231 e. The first-order valence-corrected chi connectivity index (χ1v) is 9.89. The highest BCUT2D eigenvalue weighted by atomic mass is 16.5. The molecule has 1 aliphatic rings. The van der Waals surface area contributed by atoms with E-state index in [4.69, 9.17) is 4.74 Å². The summed E-state index contributed by atoms with van der Waals surface area (Å²) in [4.78, 5) is 31.0. The first-order valence-electron chi connectivity index (χ1n) is 9.89. The van der Waals surface area contributed by atoms with Crippen LogP contribution in [-0.2, 0) is 16.1 Å². The van der Waals surface area contributed by atoms with Gasteiger partial charge in [0, 0.05) is 37.6 Å². The van der Waals surface area contributed by atoms with Gasteiger partial charge in [0.05, 0.1) is 24.8 Å². The molecule has 1 saturated heterocycles. The van der Waals surface area contributed by atoms with Crippen molar-refractivity contribution in [3.8, 4) is 5.75 Å². The van der Waals surface area contributed by atoms with Crippen LogP contribution in [0, 0.1) is 5.92 Å². The van der Waals surface area contributed by atoms with E-state index in [1.165, 1.54) is 0 Å². The molecule has 8 heteroatoms. The number of carbonyl (C=O) groups is 2. The van der Waals surface area contributed by atoms with Gasteiger partial charge in [-0.3, -0.25) is 19.3 Å². The zero-order valence-electron chi connectivity index (χ0n) is 16.7. The standard InChI is InChI=1S/C22H23N5O3/c1-2-30-19-8-4-3-7-18(19)27-15-17(12-21(27)28)22(29)24-20-9-11-26(25-20)14-16-6-5-10-23-13-16/h3-11,13,17H,2,12,14-15H2,1H3,(H,24,25,29). The van der Waals surface area contributed by atoms with Crippen LogP contribution in [0.15, 0.2) is 61.1 Å². The number of para-hydroxylation sites is 2. The predicted molar refractivity (Wildman–Crippen MR) is 112 cm³/mol. The molecule has 1 N–H and O–H groups in total. The molecule has 0 saturated carbocycles. The molecule has 1 aromatic carbocycles. The lowest BCUT2D eigenvalue weighted by Gasteiger charge is -2.20. The summed E-state index contributed by atoms with van der Waals surface area (Å²) in [5, 5.41) is 7.22. The molecule has 30 heavy (non-hydrogen) atoms. The van der Waals surface area contributed by atoms with E-state index in [9.17, 15) is 9.59 Å². The first-order chi connectivity index (χ1) is 14.6. The lowest BCUT2D eigenvalue weighted by Crippen LogP contribution is -2.28. The summed E-state index contributed by atoms with van der Waals surface area (Å²) in [5.74, 6) is 0.347. The summed E-state index contributed by atoms with van der Waals surface area (Å²) in [5.41, 5.74) is 1.71. The van der Waals surface area contributed by atoms with E-state index >= 15 is 0 Å². The van der Waals surface area contributed by atoms with Gasteiger partial charge in [-0.25, -0.2) is 0 Å². The van der Waals surface area contributed by atoms with Crippen LogP contribution < -0.4 is 15.0 Å². The van der Waals surface area contributed by atoms with Gasteiger partial charge in [-0.2, -0.15) is 5.10 Å². The molecule has 3 heterocycles. The number of nitrogens with one attached hydrogen (secondary N) is 1. The number of carbonyl (C=O) groups excluding carboxylic acids is 2. The molecule has 3 aromatic rings. The maximum absolute atomic E-state index is 12.7. The van der Waals surface area contributed by atoms with E-state index in [0.717, 1.165) is 5.56 Å². The highest BCUT2D eigenvalue weighted by Gasteiger charge is 2.36. The average Bonchev–Trinajstić information content (AvgIpc) is 3.36. The van der Waals surface area contributed by atoms with Gasteiger partial charge in [0.2, 0.25) is 11.8 Å². The second-order valence-electron chi connectivity index (χ2n) is 7.06. The molecular formula is C22H23N5O3. The van der Waals surface area contributed by atoms with Crippen molar-refractivity contribution < 1.29 is 14.3 Å². The Kier molecular flexibility index (Phi) is 5.74. The topological polar surface area (TPSA) is 89.3 Å². The van der Waals surface area contributed by atoms with Crippen LogP contribution in [0.4, 0.5) is 11.5 Å². The molecule has 2 amide bonds. The van der Waals surface area contributed by atoms with Crippen molar-refractivity contribution in [3.63, 3.8) is 0 Å². The minimum absolute atomic E-state index is 0.0931. The van der Waals surface area contributed by atoms with Gasteiger partial charge < -0.3 is 15.0 Å². The summed E-state index contributed by atoms with van der Waals surface area (Å²) in [7, 11) is 0. The molecule has 4 rings (SSSR count). The van der Waals surface area contributed by atoms with Gasteiger partial charge in [0.15, 0.2) is 5.82 Å². The van der Waals surface area contributed by atoms with Crippen molar-refractivity contribution in [2.45, 2.75) is 19.9 Å². The van der Waals surface area contributed by atoms with Crippen LogP contribution in [-0.4, -0.2) is 39.7 Å². The number of nitrogens with zero attached hydrogens (tertiary/aromatic N) is 4. The number of hydrogen-bond acceptors (Lipinski definition) is 5. The Morgan fingerprint density at radius 1 is 1.23 bits per heavy atom. The number of pyridine rings is 1. The molecule has 1 fully saturated rings. The quantitative estimate of drug-likeness (QED) is 0.653. The first kappa shape index (κ1) is 19.6. The Bertz CT molecular complexity index is 1030. The van der Waals surface area contributed by atoms with Crippen LogP contribution in [0.5, 0.6) is 5.75 Å². The van der Waals surface area contributed by atoms with Gasteiger partial charge in [-0.05, 0) is 30.7 Å². The van der Waals surface area contributed by atoms with E-state index in [1.54, 1.807) is 34.2 Å². The number of benzene rings is 1. The van der Waals surface area contributed by atoms with Crippen LogP contribution in [0.1, 0.15) is 18.9 Å². The van der Waals surface area contributed by atoms with Gasteiger partial charge in [-0.15, -0.1) is 0 Å². The Morgan fingerprint density at radius 3 is 2.90 bits per heavy atom. The average molecular weight is 405 g/mol. The SMILES string of the molecule is CCOc1ccccc1N1CC(C(=O)Nc2ccn(Cc3cccnc3)n2)CC1=O. The molecule has 8 nitrogen and oxygen atoms in total. The Balaban J connectivity index is 1.40. The van der Waals surface area contributed by atoms with Crippen LogP contribution in [0.3, 0.4) is 0 Å². The Hall–Kier alpha value is -3.68. The van der Waals surface area contributed by atoms with Gasteiger partial charge in [0.25, 0.3) is 0 Å². The molecule has 0 bridgehead atoms. The molecular weight excluding hydrogens is 382 g/mol. The van der Waals surface area contributed by atoms with E-state index in [-0.39, 0.29) is 18.2 Å². The fraction of sp³-hybridized carbons (Fsp3) is 0.273. The van der Waals surface area contributed by atoms with Crippen molar-refractivity contribution in [1.29, 1.82) is 0 Å². The third-order valence-electron chi connectivity index (χ3n) is 4.91. The monoisotopic (exact) mass is 405 g/mol. The normalized spacial score (nSPS) is 16.0. The maximum atomic E-state index is 12.7. The van der Waals surface area contributed by atoms with Crippen LogP contribution in [0.25, 0.3) is 0 Å². The lowest BCUT2D eigenvalue weighted by molar-refractivity contribution is -0.122. The third-order valence-corrected chi connectivity index (χ3v) is 4.91. The van der Waals surface area contributed by atoms with E-state index in [2.05, 4.69) is 15.4 Å². The summed E-state index contributed by atoms with van der Waals surface area (Å²) in [6, 6.07) is 13.0. The largest absolute Gasteiger partial charge is 0.492 e. The highest BCUT2D eigenvalue weighted by Crippen LogP contribution is 2.33. The Morgan fingerprint density at radius 2 is 2.10 bits per heavy atom. The summed E-state index contributed by atoms with van der Waals surface area (Å²) < 4.78 is 7.36. The molecule has 1 atom stereocenters. The minimum Gasteiger partial charge on any atom is -0.492 e. The number of anilines is 2. The molecule has 2 aromatic heterocycles. The number of aromatic nitrogens is 3. The predicted octanol–water partition coefficient (Wildman–Crippen LogP) is 2.72.